The molecule has 1 aliphatic heterocycles. The molecule has 0 aliphatic carbocycles. The van der Waals surface area contributed by atoms with Crippen LogP contribution in [0.15, 0.2) is 60.9 Å². The Morgan fingerprint density at radius 3 is 2.72 bits per heavy atom. The average molecular weight is 409 g/mol. The Hall–Kier alpha value is -2.63. The van der Waals surface area contributed by atoms with Gasteiger partial charge < -0.3 is 9.88 Å². The molecule has 0 fully saturated rings. The van der Waals surface area contributed by atoms with Crippen molar-refractivity contribution < 1.29 is 4.79 Å². The second-order valence-electron chi connectivity index (χ2n) is 7.69. The van der Waals surface area contributed by atoms with Gasteiger partial charge in [-0.1, -0.05) is 48.0 Å². The van der Waals surface area contributed by atoms with Gasteiger partial charge in [0.15, 0.2) is 0 Å². The summed E-state index contributed by atoms with van der Waals surface area (Å²) in [5.41, 5.74) is 3.88. The van der Waals surface area contributed by atoms with Gasteiger partial charge in [0.1, 0.15) is 6.04 Å². The maximum absolute atomic E-state index is 13.5. The molecule has 0 saturated heterocycles. The normalized spacial score (nSPS) is 16.6. The number of nitrogens with one attached hydrogen (secondary N) is 1. The predicted octanol–water partition coefficient (Wildman–Crippen LogP) is 4.86. The molecule has 150 valence electrons. The number of carbonyl (C=O) groups is 1. The van der Waals surface area contributed by atoms with Crippen LogP contribution in [-0.2, 0) is 17.8 Å². The fourth-order valence-corrected chi connectivity index (χ4v) is 4.11. The van der Waals surface area contributed by atoms with E-state index in [-0.39, 0.29) is 11.9 Å². The summed E-state index contributed by atoms with van der Waals surface area (Å²) >= 11 is 6.10. The molecule has 3 aromatic rings. The number of carbonyl (C=O) groups excluding carboxylic acids is 1. The summed E-state index contributed by atoms with van der Waals surface area (Å²) in [6, 6.07) is 17.3. The fraction of sp³-hybridized carbons (Fsp3) is 0.304. The third-order valence-corrected chi connectivity index (χ3v) is 5.53. The molecule has 0 bridgehead atoms. The first-order chi connectivity index (χ1) is 14.0. The molecular weight excluding hydrogens is 384 g/mol. The molecule has 1 amide bonds. The third-order valence-electron chi connectivity index (χ3n) is 5.30. The van der Waals surface area contributed by atoms with E-state index in [9.17, 15) is 4.79 Å². The van der Waals surface area contributed by atoms with Crippen LogP contribution in [0.5, 0.6) is 0 Å². The van der Waals surface area contributed by atoms with Crippen molar-refractivity contribution in [1.29, 1.82) is 0 Å². The second-order valence-corrected chi connectivity index (χ2v) is 8.12. The van der Waals surface area contributed by atoms with E-state index in [4.69, 9.17) is 11.6 Å². The Balaban J connectivity index is 1.69. The van der Waals surface area contributed by atoms with E-state index >= 15 is 0 Å². The lowest BCUT2D eigenvalue weighted by Crippen LogP contribution is -2.42. The molecule has 1 N–H and O–H groups in total. The van der Waals surface area contributed by atoms with Crippen LogP contribution in [0, 0.1) is 0 Å². The van der Waals surface area contributed by atoms with E-state index in [1.807, 2.05) is 36.7 Å². The van der Waals surface area contributed by atoms with Crippen molar-refractivity contribution in [3.8, 4) is 0 Å². The first-order valence-electron chi connectivity index (χ1n) is 9.93. The largest absolute Gasteiger partial charge is 0.330 e. The fourth-order valence-electron chi connectivity index (χ4n) is 3.92. The molecule has 1 atom stereocenters. The second kappa shape index (κ2) is 8.39. The first-order valence-corrected chi connectivity index (χ1v) is 10.3. The number of rotatable bonds is 5. The van der Waals surface area contributed by atoms with E-state index in [1.54, 1.807) is 12.1 Å². The molecule has 2 heterocycles. The molecule has 2 aromatic carbocycles. The SMILES string of the molecule is CC(C)n1cnc2c1[C@H](C(=O)Nc1cccc(Cl)c1)N(Cc1ccccc1)CC2. The topological polar surface area (TPSA) is 50.2 Å². The molecule has 0 saturated carbocycles. The van der Waals surface area contributed by atoms with Crippen LogP contribution in [0.1, 0.15) is 42.9 Å². The smallest absolute Gasteiger partial charge is 0.247 e. The molecule has 0 radical (unpaired) electrons. The summed E-state index contributed by atoms with van der Waals surface area (Å²) in [5.74, 6) is -0.0634. The lowest BCUT2D eigenvalue weighted by atomic mass is 9.99. The van der Waals surface area contributed by atoms with Crippen molar-refractivity contribution in [2.24, 2.45) is 0 Å². The summed E-state index contributed by atoms with van der Waals surface area (Å²) in [7, 11) is 0. The van der Waals surface area contributed by atoms with Gasteiger partial charge >= 0.3 is 0 Å². The standard InChI is InChI=1S/C23H25ClN4O/c1-16(2)28-15-25-20-11-12-27(14-17-7-4-3-5-8-17)22(21(20)28)23(29)26-19-10-6-9-18(24)13-19/h3-10,13,15-16,22H,11-12,14H2,1-2H3,(H,26,29)/t22-/m1/s1. The molecule has 6 heteroatoms. The molecule has 1 aromatic heterocycles. The van der Waals surface area contributed by atoms with Gasteiger partial charge in [0, 0.05) is 36.3 Å². The van der Waals surface area contributed by atoms with Crippen LogP contribution in [0.25, 0.3) is 0 Å². The van der Waals surface area contributed by atoms with E-state index in [0.29, 0.717) is 17.3 Å². The Labute approximate surface area is 176 Å². The number of imidazole rings is 1. The minimum absolute atomic E-state index is 0.0634. The van der Waals surface area contributed by atoms with Crippen LogP contribution in [0.2, 0.25) is 5.02 Å². The Morgan fingerprint density at radius 2 is 2.00 bits per heavy atom. The molecule has 5 nitrogen and oxygen atoms in total. The van der Waals surface area contributed by atoms with Crippen molar-refractivity contribution in [2.45, 2.75) is 38.9 Å². The lowest BCUT2D eigenvalue weighted by molar-refractivity contribution is -0.122. The number of anilines is 1. The zero-order valence-corrected chi connectivity index (χ0v) is 17.4. The van der Waals surface area contributed by atoms with E-state index in [2.05, 4.69) is 45.7 Å². The van der Waals surface area contributed by atoms with Gasteiger partial charge in [0.05, 0.1) is 17.7 Å². The monoisotopic (exact) mass is 408 g/mol. The Bertz CT molecular complexity index is 999. The van der Waals surface area contributed by atoms with Gasteiger partial charge in [-0.15, -0.1) is 0 Å². The minimum atomic E-state index is -0.414. The number of amides is 1. The molecule has 0 unspecified atom stereocenters. The van der Waals surface area contributed by atoms with Crippen LogP contribution < -0.4 is 5.32 Å². The number of halogens is 1. The quantitative estimate of drug-likeness (QED) is 0.656. The van der Waals surface area contributed by atoms with Crippen LogP contribution in [0.4, 0.5) is 5.69 Å². The van der Waals surface area contributed by atoms with E-state index in [1.165, 1.54) is 5.56 Å². The predicted molar refractivity (Wildman–Crippen MR) is 116 cm³/mol. The van der Waals surface area contributed by atoms with Crippen molar-refractivity contribution in [3.63, 3.8) is 0 Å². The molecule has 0 spiro atoms. The summed E-state index contributed by atoms with van der Waals surface area (Å²) in [6.45, 7) is 5.72. The first kappa shape index (κ1) is 19.7. The van der Waals surface area contributed by atoms with Crippen LogP contribution in [-0.4, -0.2) is 26.9 Å². The van der Waals surface area contributed by atoms with Crippen molar-refractivity contribution in [2.75, 3.05) is 11.9 Å². The summed E-state index contributed by atoms with van der Waals surface area (Å²) in [4.78, 5) is 20.3. The Morgan fingerprint density at radius 1 is 1.21 bits per heavy atom. The zero-order chi connectivity index (χ0) is 20.4. The van der Waals surface area contributed by atoms with Gasteiger partial charge in [0.25, 0.3) is 0 Å². The number of benzene rings is 2. The highest BCUT2D eigenvalue weighted by Crippen LogP contribution is 2.33. The summed E-state index contributed by atoms with van der Waals surface area (Å²) in [6.07, 6.45) is 2.70. The molecule has 29 heavy (non-hydrogen) atoms. The van der Waals surface area contributed by atoms with Crippen molar-refractivity contribution in [3.05, 3.63) is 82.9 Å². The van der Waals surface area contributed by atoms with Crippen LogP contribution >= 0.6 is 11.6 Å². The van der Waals surface area contributed by atoms with Gasteiger partial charge in [-0.25, -0.2) is 4.98 Å². The number of fused-ring (bicyclic) bond motifs is 1. The van der Waals surface area contributed by atoms with Gasteiger partial charge in [0.2, 0.25) is 5.91 Å². The van der Waals surface area contributed by atoms with Gasteiger partial charge in [-0.05, 0) is 37.6 Å². The number of hydrogen-bond donors (Lipinski definition) is 1. The third kappa shape index (κ3) is 4.21. The molecule has 4 rings (SSSR count). The van der Waals surface area contributed by atoms with Gasteiger partial charge in [-0.2, -0.15) is 0 Å². The molecule has 1 aliphatic rings. The lowest BCUT2D eigenvalue weighted by Gasteiger charge is -2.36. The Kier molecular flexibility index (Phi) is 5.69. The maximum Gasteiger partial charge on any atom is 0.247 e. The van der Waals surface area contributed by atoms with E-state index < -0.39 is 6.04 Å². The highest BCUT2D eigenvalue weighted by molar-refractivity contribution is 6.30. The summed E-state index contributed by atoms with van der Waals surface area (Å²) in [5, 5.41) is 3.66. The molecular formula is C23H25ClN4O. The highest BCUT2D eigenvalue weighted by atomic mass is 35.5. The maximum atomic E-state index is 13.5. The number of hydrogen-bond acceptors (Lipinski definition) is 3. The average Bonchev–Trinajstić information content (AvgIpc) is 3.13. The highest BCUT2D eigenvalue weighted by Gasteiger charge is 2.37. The van der Waals surface area contributed by atoms with Crippen molar-refractivity contribution in [1.82, 2.24) is 14.5 Å². The number of aromatic nitrogens is 2. The zero-order valence-electron chi connectivity index (χ0n) is 16.7. The minimum Gasteiger partial charge on any atom is -0.330 e. The van der Waals surface area contributed by atoms with Gasteiger partial charge in [-0.3, -0.25) is 9.69 Å². The van der Waals surface area contributed by atoms with Crippen molar-refractivity contribution >= 4 is 23.2 Å². The summed E-state index contributed by atoms with van der Waals surface area (Å²) < 4.78 is 2.12. The van der Waals surface area contributed by atoms with Crippen LogP contribution in [0.3, 0.4) is 0 Å². The van der Waals surface area contributed by atoms with E-state index in [0.717, 1.165) is 24.4 Å². The number of nitrogens with zero attached hydrogens (tertiary/aromatic N) is 3.